The zero-order valence-corrected chi connectivity index (χ0v) is 33.1. The molecule has 10 nitrogen and oxygen atoms in total. The molecular formula is C44H48N6O4Si. The predicted molar refractivity (Wildman–Crippen MR) is 220 cm³/mol. The zero-order valence-electron chi connectivity index (χ0n) is 32.1. The van der Waals surface area contributed by atoms with E-state index in [0.717, 1.165) is 52.3 Å². The van der Waals surface area contributed by atoms with Gasteiger partial charge in [0.1, 0.15) is 0 Å². The summed E-state index contributed by atoms with van der Waals surface area (Å²) in [6, 6.07) is 29.0. The largest absolute Gasteiger partial charge is 0.453 e. The average Bonchev–Trinajstić information content (AvgIpc) is 3.49. The Kier molecular flexibility index (Phi) is 11.0. The molecule has 0 saturated carbocycles. The number of pyridine rings is 2. The molecule has 0 N–H and O–H groups in total. The van der Waals surface area contributed by atoms with Gasteiger partial charge in [0.25, 0.3) is 8.32 Å². The summed E-state index contributed by atoms with van der Waals surface area (Å²) < 4.78 is 15.8. The first-order valence-electron chi connectivity index (χ1n) is 19.1. The Labute approximate surface area is 323 Å². The molecular weight excluding hydrogens is 705 g/mol. The van der Waals surface area contributed by atoms with Crippen molar-refractivity contribution in [3.05, 3.63) is 137 Å². The number of methoxy groups -OCH3 is 1. The number of piperidine rings is 1. The quantitative estimate of drug-likeness (QED) is 0.0767. The van der Waals surface area contributed by atoms with Crippen LogP contribution in [-0.2, 0) is 22.1 Å². The predicted octanol–water partition coefficient (Wildman–Crippen LogP) is 7.65. The summed E-state index contributed by atoms with van der Waals surface area (Å²) >= 11 is 0. The summed E-state index contributed by atoms with van der Waals surface area (Å²) in [5, 5.41) is 4.36. The van der Waals surface area contributed by atoms with E-state index >= 15 is 0 Å². The fraction of sp³-hybridized carbons (Fsp3) is 0.341. The van der Waals surface area contributed by atoms with E-state index in [4.69, 9.17) is 20.7 Å². The van der Waals surface area contributed by atoms with Gasteiger partial charge in [0.2, 0.25) is 0 Å². The second-order valence-electron chi connectivity index (χ2n) is 15.3. The molecule has 55 heavy (non-hydrogen) atoms. The summed E-state index contributed by atoms with van der Waals surface area (Å²) in [5.41, 5.74) is 3.91. The van der Waals surface area contributed by atoms with E-state index in [2.05, 4.69) is 91.3 Å². The molecule has 1 aliphatic rings. The monoisotopic (exact) mass is 752 g/mol. The molecule has 3 aromatic heterocycles. The molecule has 0 spiro atoms. The number of carbonyl (C=O) groups excluding carboxylic acids is 1. The van der Waals surface area contributed by atoms with E-state index < -0.39 is 8.32 Å². The van der Waals surface area contributed by atoms with Crippen LogP contribution in [0.5, 0.6) is 0 Å². The van der Waals surface area contributed by atoms with Gasteiger partial charge < -0.3 is 14.1 Å². The number of amides is 1. The molecule has 0 unspecified atom stereocenters. The van der Waals surface area contributed by atoms with E-state index in [0.29, 0.717) is 38.2 Å². The van der Waals surface area contributed by atoms with Crippen LogP contribution in [0.3, 0.4) is 0 Å². The molecule has 6 aromatic rings. The van der Waals surface area contributed by atoms with Gasteiger partial charge in [0.05, 0.1) is 43.2 Å². The number of carbonyl (C=O) groups is 1. The van der Waals surface area contributed by atoms with Crippen molar-refractivity contribution in [1.82, 2.24) is 24.0 Å². The maximum atomic E-state index is 14.3. The third-order valence-electron chi connectivity index (χ3n) is 11.1. The van der Waals surface area contributed by atoms with Crippen LogP contribution in [0.2, 0.25) is 5.04 Å². The van der Waals surface area contributed by atoms with Crippen molar-refractivity contribution in [1.29, 1.82) is 0 Å². The van der Waals surface area contributed by atoms with Crippen molar-refractivity contribution < 1.29 is 14.0 Å². The van der Waals surface area contributed by atoms with Crippen molar-refractivity contribution in [3.8, 4) is 0 Å². The van der Waals surface area contributed by atoms with E-state index in [9.17, 15) is 9.59 Å². The van der Waals surface area contributed by atoms with Crippen LogP contribution >= 0.6 is 0 Å². The number of aryl methyl sites for hydroxylation is 1. The van der Waals surface area contributed by atoms with Gasteiger partial charge in [-0.15, -0.1) is 0 Å². The number of likely N-dealkylation sites (tertiary alicyclic amines) is 1. The molecule has 0 radical (unpaired) electrons. The molecule has 0 aliphatic carbocycles. The number of hydrogen-bond donors (Lipinski definition) is 0. The van der Waals surface area contributed by atoms with Crippen LogP contribution in [0.4, 0.5) is 10.5 Å². The van der Waals surface area contributed by atoms with Gasteiger partial charge in [-0.3, -0.25) is 19.1 Å². The Morgan fingerprint density at radius 1 is 0.927 bits per heavy atom. The van der Waals surface area contributed by atoms with Crippen molar-refractivity contribution in [2.75, 3.05) is 26.8 Å². The highest BCUT2D eigenvalue weighted by Crippen LogP contribution is 2.37. The lowest BCUT2D eigenvalue weighted by atomic mass is 9.99. The average molecular weight is 753 g/mol. The smallest absolute Gasteiger partial charge is 0.409 e. The molecule has 1 fully saturated rings. The van der Waals surface area contributed by atoms with Crippen molar-refractivity contribution >= 4 is 52.3 Å². The number of nitrogens with zero attached hydrogens (tertiary/aromatic N) is 6. The number of hydrogen-bond acceptors (Lipinski definition) is 6. The van der Waals surface area contributed by atoms with E-state index in [1.165, 1.54) is 17.5 Å². The Morgan fingerprint density at radius 2 is 1.62 bits per heavy atom. The highest BCUT2D eigenvalue weighted by molar-refractivity contribution is 6.99. The third-order valence-corrected chi connectivity index (χ3v) is 16.1. The lowest BCUT2D eigenvalue weighted by Gasteiger charge is -2.43. The molecule has 4 heterocycles. The highest BCUT2D eigenvalue weighted by Gasteiger charge is 2.50. The van der Waals surface area contributed by atoms with Gasteiger partial charge in [-0.25, -0.2) is 14.4 Å². The summed E-state index contributed by atoms with van der Waals surface area (Å²) in [7, 11) is -1.27. The van der Waals surface area contributed by atoms with Crippen LogP contribution in [-0.4, -0.2) is 65.2 Å². The number of rotatable bonds is 11. The number of ether oxygens (including phenoxy) is 1. The maximum Gasteiger partial charge on any atom is 0.409 e. The van der Waals surface area contributed by atoms with Crippen LogP contribution in [0.15, 0.2) is 108 Å². The Hall–Kier alpha value is -5.57. The summed E-state index contributed by atoms with van der Waals surface area (Å²) in [6.45, 7) is 16.4. The summed E-state index contributed by atoms with van der Waals surface area (Å²) in [5.74, 6) is 0. The maximum absolute atomic E-state index is 14.3. The number of imidazole rings is 1. The normalized spacial score (nSPS) is 14.0. The van der Waals surface area contributed by atoms with Crippen LogP contribution in [0, 0.1) is 6.57 Å². The fourth-order valence-electron chi connectivity index (χ4n) is 8.41. The summed E-state index contributed by atoms with van der Waals surface area (Å²) in [4.78, 5) is 41.2. The van der Waals surface area contributed by atoms with Crippen molar-refractivity contribution in [3.63, 3.8) is 0 Å². The standard InChI is InChI=1S/C44H48N6O4Si/c1-44(2,3)55(35-14-8-6-9-15-35,36-16-10-7-11-17-36)54-27-13-12-18-38-37-20-19-33(45-4)28-32(37)29-47-39(38)31-49-41-30-46-24-21-40(41)50(42(49)51)34-22-25-48(26-23-34)43(52)53-5/h6-11,14-17,19-21,24,28-30,34H,12-13,18,22-23,25-27,31H2,1-3,5H3. The number of unbranched alkanes of at least 4 members (excludes halogenated alkanes) is 1. The van der Waals surface area contributed by atoms with Crippen molar-refractivity contribution in [2.45, 2.75) is 70.5 Å². The molecule has 3 aromatic carbocycles. The van der Waals surface area contributed by atoms with E-state index in [1.807, 2.05) is 35.0 Å². The van der Waals surface area contributed by atoms with Crippen LogP contribution in [0.25, 0.3) is 26.7 Å². The topological polar surface area (TPSA) is 95.8 Å². The Balaban J connectivity index is 1.18. The van der Waals surface area contributed by atoms with Gasteiger partial charge in [0, 0.05) is 38.1 Å². The second-order valence-corrected chi connectivity index (χ2v) is 19.6. The minimum atomic E-state index is -2.66. The molecule has 1 saturated heterocycles. The lowest BCUT2D eigenvalue weighted by Crippen LogP contribution is -2.66. The Bertz CT molecular complexity index is 2350. The zero-order chi connectivity index (χ0) is 38.6. The fourth-order valence-corrected chi connectivity index (χ4v) is 13.0. The Morgan fingerprint density at radius 3 is 2.25 bits per heavy atom. The van der Waals surface area contributed by atoms with Gasteiger partial charge in [-0.1, -0.05) is 93.6 Å². The third kappa shape index (κ3) is 7.32. The first kappa shape index (κ1) is 37.7. The first-order valence-corrected chi connectivity index (χ1v) is 21.0. The summed E-state index contributed by atoms with van der Waals surface area (Å²) in [6.07, 6.45) is 8.67. The first-order chi connectivity index (χ1) is 26.7. The lowest BCUT2D eigenvalue weighted by molar-refractivity contribution is 0.107. The van der Waals surface area contributed by atoms with Gasteiger partial charge >= 0.3 is 11.8 Å². The van der Waals surface area contributed by atoms with Gasteiger partial charge in [-0.05, 0) is 76.0 Å². The number of fused-ring (bicyclic) bond motifs is 2. The number of aromatic nitrogens is 4. The van der Waals surface area contributed by atoms with Gasteiger partial charge in [-0.2, -0.15) is 0 Å². The molecule has 1 aliphatic heterocycles. The molecule has 7 rings (SSSR count). The van der Waals surface area contributed by atoms with Crippen LogP contribution in [0.1, 0.15) is 63.8 Å². The second kappa shape index (κ2) is 16.0. The van der Waals surface area contributed by atoms with Gasteiger partial charge in [0.15, 0.2) is 5.69 Å². The van der Waals surface area contributed by atoms with E-state index in [1.54, 1.807) is 21.9 Å². The molecule has 0 bridgehead atoms. The SMILES string of the molecule is [C-]#[N+]c1ccc2c(CCCCO[Si](c3ccccc3)(c3ccccc3)C(C)(C)C)c(Cn3c(=O)n(C4CCN(C(=O)OC)CC4)c4ccncc43)ncc2c1. The molecule has 282 valence electrons. The minimum Gasteiger partial charge on any atom is -0.453 e. The molecule has 11 heteroatoms. The highest BCUT2D eigenvalue weighted by atomic mass is 28.4. The number of benzene rings is 3. The molecule has 1 amide bonds. The minimum absolute atomic E-state index is 0.0637. The van der Waals surface area contributed by atoms with Crippen molar-refractivity contribution in [2.24, 2.45) is 0 Å². The van der Waals surface area contributed by atoms with E-state index in [-0.39, 0.29) is 29.4 Å². The van der Waals surface area contributed by atoms with Crippen LogP contribution < -0.4 is 16.1 Å². The molecule has 0 atom stereocenters.